The summed E-state index contributed by atoms with van der Waals surface area (Å²) in [5.74, 6) is 0.527. The van der Waals surface area contributed by atoms with E-state index in [-0.39, 0.29) is 5.91 Å². The zero-order chi connectivity index (χ0) is 17.6. The highest BCUT2D eigenvalue weighted by Gasteiger charge is 2.10. The van der Waals surface area contributed by atoms with Crippen molar-refractivity contribution in [1.82, 2.24) is 10.2 Å². The molecular weight excluding hydrogens is 382 g/mol. The fraction of sp³-hybridized carbons (Fsp3) is 0. The quantitative estimate of drug-likeness (QED) is 0.695. The Kier molecular flexibility index (Phi) is 5.02. The molecule has 1 heterocycles. The van der Waals surface area contributed by atoms with Crippen LogP contribution in [0, 0.1) is 11.3 Å². The molecule has 0 aliphatic rings. The van der Waals surface area contributed by atoms with E-state index in [2.05, 4.69) is 42.8 Å². The fourth-order valence-electron chi connectivity index (χ4n) is 2.12. The lowest BCUT2D eigenvalue weighted by atomic mass is 10.2. The lowest BCUT2D eigenvalue weighted by molar-refractivity contribution is 0.102. The lowest BCUT2D eigenvalue weighted by Crippen LogP contribution is -2.14. The van der Waals surface area contributed by atoms with Crippen LogP contribution >= 0.6 is 15.9 Å². The van der Waals surface area contributed by atoms with Gasteiger partial charge in [0.05, 0.1) is 16.8 Å². The van der Waals surface area contributed by atoms with Crippen LogP contribution in [-0.2, 0) is 0 Å². The molecular formula is C18H12BrN5O. The topological polar surface area (TPSA) is 90.7 Å². The van der Waals surface area contributed by atoms with Gasteiger partial charge >= 0.3 is 0 Å². The number of amides is 1. The summed E-state index contributed by atoms with van der Waals surface area (Å²) in [5, 5.41) is 22.8. The van der Waals surface area contributed by atoms with Gasteiger partial charge in [-0.15, -0.1) is 10.2 Å². The molecule has 2 N–H and O–H groups in total. The van der Waals surface area contributed by atoms with Gasteiger partial charge in [-0.1, -0.05) is 24.3 Å². The van der Waals surface area contributed by atoms with Gasteiger partial charge in [0.15, 0.2) is 11.6 Å². The maximum absolute atomic E-state index is 12.2. The third-order valence-corrected chi connectivity index (χ3v) is 4.03. The van der Waals surface area contributed by atoms with Crippen LogP contribution in [0.5, 0.6) is 0 Å². The fourth-order valence-corrected chi connectivity index (χ4v) is 2.59. The number of hydrogen-bond acceptors (Lipinski definition) is 5. The Labute approximate surface area is 152 Å². The van der Waals surface area contributed by atoms with Crippen LogP contribution < -0.4 is 10.6 Å². The second-order valence-corrected chi connectivity index (χ2v) is 5.87. The predicted octanol–water partition coefficient (Wildman–Crippen LogP) is 4.11. The molecule has 0 radical (unpaired) electrons. The van der Waals surface area contributed by atoms with Crippen molar-refractivity contribution in [1.29, 1.82) is 5.26 Å². The Morgan fingerprint density at radius 2 is 1.64 bits per heavy atom. The van der Waals surface area contributed by atoms with Crippen molar-refractivity contribution in [2.24, 2.45) is 0 Å². The average Bonchev–Trinajstić information content (AvgIpc) is 2.64. The summed E-state index contributed by atoms with van der Waals surface area (Å²) in [6.07, 6.45) is 0. The first-order valence-corrected chi connectivity index (χ1v) is 8.12. The van der Waals surface area contributed by atoms with E-state index in [1.54, 1.807) is 48.5 Å². The molecule has 3 rings (SSSR count). The van der Waals surface area contributed by atoms with E-state index in [4.69, 9.17) is 5.26 Å². The van der Waals surface area contributed by atoms with Crippen molar-refractivity contribution in [3.63, 3.8) is 0 Å². The van der Waals surface area contributed by atoms with Crippen LogP contribution in [0.15, 0.2) is 65.1 Å². The Hall–Kier alpha value is -3.24. The Morgan fingerprint density at radius 3 is 2.36 bits per heavy atom. The molecule has 1 aromatic heterocycles. The van der Waals surface area contributed by atoms with Gasteiger partial charge in [0.2, 0.25) is 0 Å². The number of carbonyl (C=O) groups is 1. The van der Waals surface area contributed by atoms with E-state index >= 15 is 0 Å². The SMILES string of the molecule is N#Cc1ccccc1Nc1ccc(NC(=O)c2ccccc2Br)nn1. The molecule has 122 valence electrons. The minimum atomic E-state index is -0.280. The zero-order valence-corrected chi connectivity index (χ0v) is 14.5. The van der Waals surface area contributed by atoms with E-state index in [1.807, 2.05) is 12.1 Å². The average molecular weight is 394 g/mol. The molecule has 0 fully saturated rings. The molecule has 3 aromatic rings. The van der Waals surface area contributed by atoms with Gasteiger partial charge in [-0.2, -0.15) is 5.26 Å². The number of nitrogens with zero attached hydrogens (tertiary/aromatic N) is 3. The summed E-state index contributed by atoms with van der Waals surface area (Å²) < 4.78 is 0.701. The van der Waals surface area contributed by atoms with Gasteiger partial charge in [-0.05, 0) is 52.3 Å². The van der Waals surface area contributed by atoms with Gasteiger partial charge in [-0.3, -0.25) is 4.79 Å². The van der Waals surface area contributed by atoms with E-state index in [0.717, 1.165) is 0 Å². The van der Waals surface area contributed by atoms with Gasteiger partial charge in [0, 0.05) is 4.47 Å². The summed E-state index contributed by atoms with van der Waals surface area (Å²) in [6, 6.07) is 19.6. The van der Waals surface area contributed by atoms with Crippen LogP contribution in [0.3, 0.4) is 0 Å². The van der Waals surface area contributed by atoms with E-state index in [9.17, 15) is 4.79 Å². The molecule has 0 saturated carbocycles. The molecule has 0 aliphatic carbocycles. The highest BCUT2D eigenvalue weighted by molar-refractivity contribution is 9.10. The Balaban J connectivity index is 1.72. The standard InChI is InChI=1S/C18H12BrN5O/c19-14-7-3-2-6-13(14)18(25)22-17-10-9-16(23-24-17)21-15-8-4-1-5-12(15)11-20/h1-10H,(H,21,23)(H,22,24,25). The third-order valence-electron chi connectivity index (χ3n) is 3.33. The molecule has 0 bridgehead atoms. The van der Waals surface area contributed by atoms with Crippen LogP contribution in [0.2, 0.25) is 0 Å². The summed E-state index contributed by atoms with van der Waals surface area (Å²) >= 11 is 3.34. The number of anilines is 3. The molecule has 0 aliphatic heterocycles. The molecule has 2 aromatic carbocycles. The maximum Gasteiger partial charge on any atom is 0.258 e. The minimum Gasteiger partial charge on any atom is -0.338 e. The molecule has 0 saturated heterocycles. The smallest absolute Gasteiger partial charge is 0.258 e. The van der Waals surface area contributed by atoms with Crippen LogP contribution in [-0.4, -0.2) is 16.1 Å². The number of nitrogens with one attached hydrogen (secondary N) is 2. The van der Waals surface area contributed by atoms with Crippen molar-refractivity contribution < 1.29 is 4.79 Å². The molecule has 7 heteroatoms. The lowest BCUT2D eigenvalue weighted by Gasteiger charge is -2.08. The normalized spacial score (nSPS) is 9.92. The van der Waals surface area contributed by atoms with E-state index in [0.29, 0.717) is 32.9 Å². The highest BCUT2D eigenvalue weighted by atomic mass is 79.9. The molecule has 0 unspecified atom stereocenters. The zero-order valence-electron chi connectivity index (χ0n) is 12.9. The Morgan fingerprint density at radius 1 is 0.960 bits per heavy atom. The number of halogens is 1. The minimum absolute atomic E-state index is 0.280. The summed E-state index contributed by atoms with van der Waals surface area (Å²) in [4.78, 5) is 12.2. The monoisotopic (exact) mass is 393 g/mol. The first kappa shape index (κ1) is 16.6. The number of aromatic nitrogens is 2. The van der Waals surface area contributed by atoms with Crippen molar-refractivity contribution >= 4 is 39.2 Å². The van der Waals surface area contributed by atoms with Crippen molar-refractivity contribution in [3.05, 3.63) is 76.3 Å². The molecule has 25 heavy (non-hydrogen) atoms. The summed E-state index contributed by atoms with van der Waals surface area (Å²) in [5.41, 5.74) is 1.66. The summed E-state index contributed by atoms with van der Waals surface area (Å²) in [6.45, 7) is 0. The number of carbonyl (C=O) groups excluding carboxylic acids is 1. The van der Waals surface area contributed by atoms with Crippen molar-refractivity contribution in [3.8, 4) is 6.07 Å². The van der Waals surface area contributed by atoms with Crippen LogP contribution in [0.4, 0.5) is 17.3 Å². The molecule has 6 nitrogen and oxygen atoms in total. The van der Waals surface area contributed by atoms with Crippen molar-refractivity contribution in [2.45, 2.75) is 0 Å². The van der Waals surface area contributed by atoms with Gasteiger partial charge in [0.1, 0.15) is 6.07 Å². The number of benzene rings is 2. The number of rotatable bonds is 4. The van der Waals surface area contributed by atoms with Crippen molar-refractivity contribution in [2.75, 3.05) is 10.6 Å². The molecule has 0 atom stereocenters. The number of hydrogen-bond donors (Lipinski definition) is 2. The van der Waals surface area contributed by atoms with Crippen LogP contribution in [0.25, 0.3) is 0 Å². The molecule has 0 spiro atoms. The maximum atomic E-state index is 12.2. The van der Waals surface area contributed by atoms with E-state index in [1.165, 1.54) is 0 Å². The van der Waals surface area contributed by atoms with E-state index < -0.39 is 0 Å². The highest BCUT2D eigenvalue weighted by Crippen LogP contribution is 2.20. The van der Waals surface area contributed by atoms with Gasteiger partial charge < -0.3 is 10.6 Å². The predicted molar refractivity (Wildman–Crippen MR) is 98.6 cm³/mol. The second-order valence-electron chi connectivity index (χ2n) is 5.02. The first-order chi connectivity index (χ1) is 12.2. The van der Waals surface area contributed by atoms with Crippen LogP contribution in [0.1, 0.15) is 15.9 Å². The third kappa shape index (κ3) is 4.00. The Bertz CT molecular complexity index is 950. The van der Waals surface area contributed by atoms with Gasteiger partial charge in [-0.25, -0.2) is 0 Å². The second kappa shape index (κ2) is 7.55. The number of para-hydroxylation sites is 1. The number of nitriles is 1. The van der Waals surface area contributed by atoms with Gasteiger partial charge in [0.25, 0.3) is 5.91 Å². The molecule has 1 amide bonds. The largest absolute Gasteiger partial charge is 0.338 e. The summed E-state index contributed by atoms with van der Waals surface area (Å²) in [7, 11) is 0. The first-order valence-electron chi connectivity index (χ1n) is 7.33.